The number of anilines is 2. The number of nitrogens with two attached hydrogens (primary N) is 1. The van der Waals surface area contributed by atoms with Crippen molar-refractivity contribution >= 4 is 23.4 Å². The minimum absolute atomic E-state index is 0.153. The van der Waals surface area contributed by atoms with Gasteiger partial charge in [-0.25, -0.2) is 4.79 Å². The van der Waals surface area contributed by atoms with Crippen LogP contribution in [-0.2, 0) is 16.1 Å². The van der Waals surface area contributed by atoms with Crippen LogP contribution in [0.25, 0.3) is 0 Å². The quantitative estimate of drug-likeness (QED) is 0.780. The van der Waals surface area contributed by atoms with Crippen LogP contribution in [0.1, 0.15) is 18.4 Å². The highest BCUT2D eigenvalue weighted by Gasteiger charge is 2.51. The fraction of sp³-hybridized carbons (Fsp3) is 0.235. The van der Waals surface area contributed by atoms with E-state index >= 15 is 0 Å². The standard InChI is InChI=1S/C17H18N4O3/c18-13-6-9-19-10-14(13)20-15(22)17(7-8-17)21-16(23)24-11-12-4-2-1-3-5-12/h1-6,9-10H,7-8,11H2,(H2,18,19)(H,20,22)(H,21,23). The second-order valence-electron chi connectivity index (χ2n) is 5.69. The SMILES string of the molecule is Nc1ccncc1NC(=O)C1(NC(=O)OCc2ccccc2)CC1. The Morgan fingerprint density at radius 1 is 1.21 bits per heavy atom. The monoisotopic (exact) mass is 326 g/mol. The lowest BCUT2D eigenvalue weighted by Gasteiger charge is -2.17. The van der Waals surface area contributed by atoms with Crippen LogP contribution in [0.4, 0.5) is 16.2 Å². The molecule has 124 valence electrons. The number of nitrogen functional groups attached to an aromatic ring is 1. The molecule has 0 unspecified atom stereocenters. The van der Waals surface area contributed by atoms with Gasteiger partial charge in [-0.3, -0.25) is 9.78 Å². The van der Waals surface area contributed by atoms with Crippen molar-refractivity contribution in [2.75, 3.05) is 11.1 Å². The van der Waals surface area contributed by atoms with Crippen LogP contribution in [-0.4, -0.2) is 22.5 Å². The summed E-state index contributed by atoms with van der Waals surface area (Å²) in [5, 5.41) is 5.34. The Hall–Kier alpha value is -3.09. The number of benzene rings is 1. The first-order valence-corrected chi connectivity index (χ1v) is 7.59. The summed E-state index contributed by atoms with van der Waals surface area (Å²) in [5.41, 5.74) is 6.57. The number of carbonyl (C=O) groups excluding carboxylic acids is 2. The Kier molecular flexibility index (Phi) is 4.33. The largest absolute Gasteiger partial charge is 0.445 e. The van der Waals surface area contributed by atoms with E-state index in [0.717, 1.165) is 5.56 Å². The smallest absolute Gasteiger partial charge is 0.408 e. The maximum absolute atomic E-state index is 12.4. The molecule has 0 spiro atoms. The summed E-state index contributed by atoms with van der Waals surface area (Å²) < 4.78 is 5.16. The van der Waals surface area contributed by atoms with Crippen molar-refractivity contribution in [3.05, 3.63) is 54.4 Å². The number of nitrogens with zero attached hydrogens (tertiary/aromatic N) is 1. The topological polar surface area (TPSA) is 106 Å². The van der Waals surface area contributed by atoms with Crippen molar-refractivity contribution in [1.29, 1.82) is 0 Å². The third-order valence-corrected chi connectivity index (χ3v) is 3.84. The van der Waals surface area contributed by atoms with E-state index in [1.165, 1.54) is 12.4 Å². The van der Waals surface area contributed by atoms with Crippen molar-refractivity contribution in [2.24, 2.45) is 0 Å². The number of amides is 2. The van der Waals surface area contributed by atoms with Gasteiger partial charge in [0.15, 0.2) is 0 Å². The Balaban J connectivity index is 1.55. The fourth-order valence-corrected chi connectivity index (χ4v) is 2.24. The molecule has 0 saturated heterocycles. The number of hydrogen-bond donors (Lipinski definition) is 3. The van der Waals surface area contributed by atoms with E-state index in [-0.39, 0.29) is 12.5 Å². The van der Waals surface area contributed by atoms with E-state index in [9.17, 15) is 9.59 Å². The molecule has 0 radical (unpaired) electrons. The van der Waals surface area contributed by atoms with Crippen LogP contribution in [0.3, 0.4) is 0 Å². The second kappa shape index (κ2) is 6.57. The average Bonchev–Trinajstić information content (AvgIpc) is 3.37. The summed E-state index contributed by atoms with van der Waals surface area (Å²) in [6, 6.07) is 10.9. The van der Waals surface area contributed by atoms with Gasteiger partial charge in [0.1, 0.15) is 12.1 Å². The predicted octanol–water partition coefficient (Wildman–Crippen LogP) is 2.06. The molecule has 2 aromatic rings. The molecular formula is C17H18N4O3. The maximum atomic E-state index is 12.4. The first-order chi connectivity index (χ1) is 11.6. The zero-order valence-electron chi connectivity index (χ0n) is 13.0. The molecule has 0 bridgehead atoms. The molecule has 7 nitrogen and oxygen atoms in total. The molecule has 1 saturated carbocycles. The number of hydrogen-bond acceptors (Lipinski definition) is 5. The summed E-state index contributed by atoms with van der Waals surface area (Å²) >= 11 is 0. The average molecular weight is 326 g/mol. The fourth-order valence-electron chi connectivity index (χ4n) is 2.24. The van der Waals surface area contributed by atoms with Gasteiger partial charge in [0.2, 0.25) is 5.91 Å². The molecule has 1 aromatic heterocycles. The van der Waals surface area contributed by atoms with E-state index in [1.807, 2.05) is 30.3 Å². The normalized spacial score (nSPS) is 14.5. The van der Waals surface area contributed by atoms with Gasteiger partial charge in [-0.15, -0.1) is 0 Å². The summed E-state index contributed by atoms with van der Waals surface area (Å²) in [5.74, 6) is -0.320. The zero-order valence-corrected chi connectivity index (χ0v) is 13.0. The first-order valence-electron chi connectivity index (χ1n) is 7.59. The number of nitrogens with one attached hydrogen (secondary N) is 2. The summed E-state index contributed by atoms with van der Waals surface area (Å²) in [6.07, 6.45) is 3.50. The highest BCUT2D eigenvalue weighted by atomic mass is 16.5. The van der Waals surface area contributed by atoms with E-state index < -0.39 is 11.6 Å². The lowest BCUT2D eigenvalue weighted by Crippen LogP contribution is -2.46. The van der Waals surface area contributed by atoms with E-state index in [4.69, 9.17) is 10.5 Å². The number of carbonyl (C=O) groups is 2. The molecule has 1 aromatic carbocycles. The lowest BCUT2D eigenvalue weighted by atomic mass is 10.2. The van der Waals surface area contributed by atoms with Crippen molar-refractivity contribution in [2.45, 2.75) is 25.0 Å². The molecule has 4 N–H and O–H groups in total. The molecule has 1 aliphatic carbocycles. The van der Waals surface area contributed by atoms with Crippen LogP contribution in [0.15, 0.2) is 48.8 Å². The minimum atomic E-state index is -0.934. The number of ether oxygens (including phenoxy) is 1. The summed E-state index contributed by atoms with van der Waals surface area (Å²) in [7, 11) is 0. The molecule has 0 atom stereocenters. The molecular weight excluding hydrogens is 308 g/mol. The molecule has 1 heterocycles. The molecule has 1 fully saturated rings. The van der Waals surface area contributed by atoms with Crippen LogP contribution in [0, 0.1) is 0 Å². The molecule has 3 rings (SSSR count). The second-order valence-corrected chi connectivity index (χ2v) is 5.69. The molecule has 24 heavy (non-hydrogen) atoms. The van der Waals surface area contributed by atoms with Gasteiger partial charge in [0, 0.05) is 6.20 Å². The van der Waals surface area contributed by atoms with Crippen molar-refractivity contribution < 1.29 is 14.3 Å². The highest BCUT2D eigenvalue weighted by Crippen LogP contribution is 2.37. The third kappa shape index (κ3) is 3.62. The highest BCUT2D eigenvalue weighted by molar-refractivity contribution is 6.03. The van der Waals surface area contributed by atoms with Crippen LogP contribution < -0.4 is 16.4 Å². The van der Waals surface area contributed by atoms with Crippen molar-refractivity contribution in [3.63, 3.8) is 0 Å². The Labute approximate surface area is 139 Å². The van der Waals surface area contributed by atoms with Crippen LogP contribution in [0.5, 0.6) is 0 Å². The van der Waals surface area contributed by atoms with Crippen LogP contribution in [0.2, 0.25) is 0 Å². The predicted molar refractivity (Wildman–Crippen MR) is 89.0 cm³/mol. The van der Waals surface area contributed by atoms with Gasteiger partial charge in [-0.1, -0.05) is 30.3 Å². The van der Waals surface area contributed by atoms with E-state index in [0.29, 0.717) is 24.2 Å². The van der Waals surface area contributed by atoms with Crippen LogP contribution >= 0.6 is 0 Å². The van der Waals surface area contributed by atoms with E-state index in [2.05, 4.69) is 15.6 Å². The summed E-state index contributed by atoms with van der Waals surface area (Å²) in [6.45, 7) is 0.153. The van der Waals surface area contributed by atoms with Gasteiger partial charge in [0.05, 0.1) is 17.6 Å². The van der Waals surface area contributed by atoms with Crippen molar-refractivity contribution in [3.8, 4) is 0 Å². The summed E-state index contributed by atoms with van der Waals surface area (Å²) in [4.78, 5) is 28.3. The van der Waals surface area contributed by atoms with Crippen molar-refractivity contribution in [1.82, 2.24) is 10.3 Å². The Bertz CT molecular complexity index is 745. The number of rotatable bonds is 5. The minimum Gasteiger partial charge on any atom is -0.445 e. The van der Waals surface area contributed by atoms with Gasteiger partial charge >= 0.3 is 6.09 Å². The van der Waals surface area contributed by atoms with Gasteiger partial charge in [0.25, 0.3) is 0 Å². The third-order valence-electron chi connectivity index (χ3n) is 3.84. The van der Waals surface area contributed by atoms with E-state index in [1.54, 1.807) is 6.07 Å². The Morgan fingerprint density at radius 3 is 2.62 bits per heavy atom. The zero-order chi connectivity index (χ0) is 17.0. The van der Waals surface area contributed by atoms with Gasteiger partial charge in [-0.2, -0.15) is 0 Å². The molecule has 1 aliphatic rings. The van der Waals surface area contributed by atoms with Gasteiger partial charge < -0.3 is 21.1 Å². The number of aromatic nitrogens is 1. The number of alkyl carbamates (subject to hydrolysis) is 1. The maximum Gasteiger partial charge on any atom is 0.408 e. The molecule has 0 aliphatic heterocycles. The Morgan fingerprint density at radius 2 is 1.96 bits per heavy atom. The number of pyridine rings is 1. The van der Waals surface area contributed by atoms with Gasteiger partial charge in [-0.05, 0) is 24.5 Å². The first kappa shape index (κ1) is 15.8. The molecule has 7 heteroatoms. The lowest BCUT2D eigenvalue weighted by molar-refractivity contribution is -0.119. The molecule has 2 amide bonds.